The minimum Gasteiger partial charge on any atom is -0.338 e. The maximum Gasteiger partial charge on any atom is 0.266 e. The van der Waals surface area contributed by atoms with Crippen molar-refractivity contribution in [3.8, 4) is 0 Å². The molecule has 84 valence electrons. The topological polar surface area (TPSA) is 68.2 Å². The molecule has 2 rings (SSSR count). The summed E-state index contributed by atoms with van der Waals surface area (Å²) in [4.78, 5) is 6.46. The van der Waals surface area contributed by atoms with Crippen LogP contribution in [-0.2, 0) is 0 Å². The molecule has 0 spiro atoms. The van der Waals surface area contributed by atoms with Crippen LogP contribution >= 0.6 is 0 Å². The quantitative estimate of drug-likeness (QED) is 0.797. The van der Waals surface area contributed by atoms with Crippen LogP contribution in [0.2, 0.25) is 0 Å². The number of hydrogen-bond acceptors (Lipinski definition) is 5. The average Bonchev–Trinajstić information content (AvgIpc) is 2.66. The van der Waals surface area contributed by atoms with Crippen LogP contribution < -0.4 is 10.6 Å². The van der Waals surface area contributed by atoms with Gasteiger partial charge < -0.3 is 15.2 Å². The van der Waals surface area contributed by atoms with Gasteiger partial charge in [-0.15, -0.1) is 0 Å². The van der Waals surface area contributed by atoms with Crippen molar-refractivity contribution in [3.63, 3.8) is 0 Å². The summed E-state index contributed by atoms with van der Waals surface area (Å²) in [7, 11) is 0. The molecule has 0 radical (unpaired) electrons. The molecule has 0 aromatic carbocycles. The predicted molar refractivity (Wildman–Crippen MR) is 57.5 cm³/mol. The van der Waals surface area contributed by atoms with Crippen LogP contribution in [-0.4, -0.2) is 23.2 Å². The van der Waals surface area contributed by atoms with Crippen LogP contribution in [0.3, 0.4) is 0 Å². The number of nitrogens with zero attached hydrogens (tertiary/aromatic N) is 3. The molecule has 0 bridgehead atoms. The van der Waals surface area contributed by atoms with Gasteiger partial charge in [0.05, 0.1) is 6.04 Å². The predicted octanol–water partition coefficient (Wildman–Crippen LogP) is 1.33. The van der Waals surface area contributed by atoms with Crippen molar-refractivity contribution in [2.75, 3.05) is 18.0 Å². The van der Waals surface area contributed by atoms with E-state index >= 15 is 0 Å². The van der Waals surface area contributed by atoms with Gasteiger partial charge in [-0.2, -0.15) is 4.98 Å². The summed E-state index contributed by atoms with van der Waals surface area (Å²) < 4.78 is 5.09. The molecule has 0 saturated carbocycles. The van der Waals surface area contributed by atoms with Crippen molar-refractivity contribution in [1.29, 1.82) is 0 Å². The van der Waals surface area contributed by atoms with Crippen molar-refractivity contribution in [1.82, 2.24) is 10.1 Å². The Morgan fingerprint density at radius 1 is 1.60 bits per heavy atom. The van der Waals surface area contributed by atoms with Gasteiger partial charge in [-0.1, -0.05) is 6.92 Å². The molecule has 0 unspecified atom stereocenters. The maximum atomic E-state index is 5.67. The maximum absolute atomic E-state index is 5.67. The molecular formula is C10H18N4O. The Hall–Kier alpha value is -1.10. The summed E-state index contributed by atoms with van der Waals surface area (Å²) in [5, 5.41) is 3.96. The minimum atomic E-state index is -0.187. The van der Waals surface area contributed by atoms with Crippen LogP contribution in [0, 0.1) is 5.92 Å². The lowest BCUT2D eigenvalue weighted by molar-refractivity contribution is 0.358. The summed E-state index contributed by atoms with van der Waals surface area (Å²) in [6.07, 6.45) is 2.48. The highest BCUT2D eigenvalue weighted by molar-refractivity contribution is 5.28. The highest BCUT2D eigenvalue weighted by Crippen LogP contribution is 2.21. The van der Waals surface area contributed by atoms with Gasteiger partial charge in [0.25, 0.3) is 5.95 Å². The van der Waals surface area contributed by atoms with Crippen LogP contribution in [0.4, 0.5) is 5.95 Å². The van der Waals surface area contributed by atoms with Crippen LogP contribution in [0.25, 0.3) is 0 Å². The Bertz CT molecular complexity index is 323. The van der Waals surface area contributed by atoms with Gasteiger partial charge in [-0.25, -0.2) is 0 Å². The second-order valence-electron chi connectivity index (χ2n) is 4.41. The van der Waals surface area contributed by atoms with Crippen molar-refractivity contribution >= 4 is 5.95 Å². The third kappa shape index (κ3) is 2.28. The summed E-state index contributed by atoms with van der Waals surface area (Å²) in [5.41, 5.74) is 5.67. The van der Waals surface area contributed by atoms with Crippen molar-refractivity contribution in [3.05, 3.63) is 5.89 Å². The van der Waals surface area contributed by atoms with Gasteiger partial charge in [0.1, 0.15) is 0 Å². The third-order valence-electron chi connectivity index (χ3n) is 2.76. The zero-order chi connectivity index (χ0) is 10.8. The molecule has 2 heterocycles. The van der Waals surface area contributed by atoms with Crippen LogP contribution in [0.5, 0.6) is 0 Å². The van der Waals surface area contributed by atoms with E-state index in [1.54, 1.807) is 0 Å². The lowest BCUT2D eigenvalue weighted by Crippen LogP contribution is -2.34. The van der Waals surface area contributed by atoms with Gasteiger partial charge in [0.15, 0.2) is 0 Å². The lowest BCUT2D eigenvalue weighted by Gasteiger charge is -2.29. The molecule has 1 fully saturated rings. The second-order valence-corrected chi connectivity index (χ2v) is 4.41. The van der Waals surface area contributed by atoms with Gasteiger partial charge in [-0.05, 0) is 30.8 Å². The minimum absolute atomic E-state index is 0.187. The van der Waals surface area contributed by atoms with Gasteiger partial charge >= 0.3 is 0 Å². The Labute approximate surface area is 89.6 Å². The summed E-state index contributed by atoms with van der Waals surface area (Å²) in [6, 6.07) is -0.187. The van der Waals surface area contributed by atoms with Gasteiger partial charge in [0.2, 0.25) is 5.89 Å². The number of anilines is 1. The largest absolute Gasteiger partial charge is 0.338 e. The molecule has 5 heteroatoms. The van der Waals surface area contributed by atoms with E-state index in [9.17, 15) is 0 Å². The molecular weight excluding hydrogens is 192 g/mol. The fourth-order valence-corrected chi connectivity index (χ4v) is 1.91. The van der Waals surface area contributed by atoms with Gasteiger partial charge in [-0.3, -0.25) is 0 Å². The smallest absolute Gasteiger partial charge is 0.266 e. The zero-order valence-electron chi connectivity index (χ0n) is 9.31. The van der Waals surface area contributed by atoms with E-state index in [4.69, 9.17) is 10.3 Å². The van der Waals surface area contributed by atoms with Crippen molar-refractivity contribution in [2.45, 2.75) is 32.7 Å². The molecule has 1 saturated heterocycles. The fourth-order valence-electron chi connectivity index (χ4n) is 1.91. The number of aromatic nitrogens is 2. The standard InChI is InChI=1S/C10H18N4O/c1-7-4-3-5-14(6-7)10-12-9(8(2)11)15-13-10/h7-8H,3-6,11H2,1-2H3/t7-,8+/m1/s1. The zero-order valence-corrected chi connectivity index (χ0v) is 9.31. The fraction of sp³-hybridized carbons (Fsp3) is 0.800. The first-order valence-electron chi connectivity index (χ1n) is 5.51. The van der Waals surface area contributed by atoms with Crippen molar-refractivity contribution in [2.24, 2.45) is 11.7 Å². The first kappa shape index (κ1) is 10.4. The molecule has 2 atom stereocenters. The van der Waals surface area contributed by atoms with Gasteiger partial charge in [0, 0.05) is 13.1 Å². The number of hydrogen-bond donors (Lipinski definition) is 1. The highest BCUT2D eigenvalue weighted by Gasteiger charge is 2.21. The Kier molecular flexibility index (Phi) is 2.90. The normalized spacial score (nSPS) is 24.2. The second kappa shape index (κ2) is 4.18. The van der Waals surface area contributed by atoms with E-state index < -0.39 is 0 Å². The lowest BCUT2D eigenvalue weighted by atomic mass is 10.0. The van der Waals surface area contributed by atoms with Crippen molar-refractivity contribution < 1.29 is 4.52 Å². The summed E-state index contributed by atoms with van der Waals surface area (Å²) >= 11 is 0. The molecule has 2 N–H and O–H groups in total. The molecule has 1 aromatic rings. The number of rotatable bonds is 2. The average molecular weight is 210 g/mol. The van der Waals surface area contributed by atoms with E-state index in [-0.39, 0.29) is 6.04 Å². The van der Waals surface area contributed by atoms with Crippen LogP contribution in [0.15, 0.2) is 4.52 Å². The SMILES string of the molecule is C[C@@H]1CCCN(c2noc([C@H](C)N)n2)C1. The van der Waals surface area contributed by atoms with E-state index in [2.05, 4.69) is 22.0 Å². The molecule has 15 heavy (non-hydrogen) atoms. The monoisotopic (exact) mass is 210 g/mol. The molecule has 1 aliphatic heterocycles. The third-order valence-corrected chi connectivity index (χ3v) is 2.76. The van der Waals surface area contributed by atoms with Crippen LogP contribution in [0.1, 0.15) is 38.6 Å². The molecule has 1 aromatic heterocycles. The molecule has 5 nitrogen and oxygen atoms in total. The highest BCUT2D eigenvalue weighted by atomic mass is 16.5. The first-order valence-corrected chi connectivity index (χ1v) is 5.51. The summed E-state index contributed by atoms with van der Waals surface area (Å²) in [5.74, 6) is 1.91. The Morgan fingerprint density at radius 2 is 2.40 bits per heavy atom. The molecule has 0 amide bonds. The van der Waals surface area contributed by atoms with E-state index in [0.29, 0.717) is 17.8 Å². The Balaban J connectivity index is 2.08. The van der Waals surface area contributed by atoms with E-state index in [1.165, 1.54) is 12.8 Å². The molecule has 1 aliphatic rings. The number of nitrogens with two attached hydrogens (primary N) is 1. The Morgan fingerprint density at radius 3 is 3.00 bits per heavy atom. The first-order chi connectivity index (χ1) is 7.16. The number of piperidine rings is 1. The van der Waals surface area contributed by atoms with E-state index in [1.807, 2.05) is 6.92 Å². The van der Waals surface area contributed by atoms with E-state index in [0.717, 1.165) is 13.1 Å². The molecule has 0 aliphatic carbocycles. The summed E-state index contributed by atoms with van der Waals surface area (Å²) in [6.45, 7) is 6.12.